The lowest BCUT2D eigenvalue weighted by atomic mass is 9.94. The first-order valence-electron chi connectivity index (χ1n) is 9.30. The highest BCUT2D eigenvalue weighted by molar-refractivity contribution is 5.81. The minimum absolute atomic E-state index is 0.00408. The maximum absolute atomic E-state index is 13.0. The highest BCUT2D eigenvalue weighted by Crippen LogP contribution is 2.33. The molecule has 134 valence electrons. The molecule has 2 aromatic carbocycles. The van der Waals surface area contributed by atoms with E-state index in [1.807, 2.05) is 60.7 Å². The summed E-state index contributed by atoms with van der Waals surface area (Å²) in [5.74, 6) is 1.11. The van der Waals surface area contributed by atoms with Gasteiger partial charge in [0.25, 0.3) is 0 Å². The third kappa shape index (κ3) is 3.25. The molecule has 0 bridgehead atoms. The number of amides is 1. The van der Waals surface area contributed by atoms with Crippen molar-refractivity contribution in [3.63, 3.8) is 0 Å². The normalized spacial score (nSPS) is 21.0. The van der Waals surface area contributed by atoms with E-state index in [9.17, 15) is 4.79 Å². The van der Waals surface area contributed by atoms with E-state index in [0.717, 1.165) is 41.6 Å². The van der Waals surface area contributed by atoms with Crippen LogP contribution >= 0.6 is 0 Å². The molecule has 3 N–H and O–H groups in total. The minimum atomic E-state index is -0.296. The second-order valence-corrected chi connectivity index (χ2v) is 7.07. The van der Waals surface area contributed by atoms with E-state index < -0.39 is 0 Å². The second-order valence-electron chi connectivity index (χ2n) is 7.07. The Morgan fingerprint density at radius 2 is 1.88 bits per heavy atom. The monoisotopic (exact) mass is 348 g/mol. The number of benzene rings is 2. The summed E-state index contributed by atoms with van der Waals surface area (Å²) in [4.78, 5) is 13.0. The minimum Gasteiger partial charge on any atom is -0.459 e. The number of nitrogens with one attached hydrogen (secondary N) is 1. The first-order chi connectivity index (χ1) is 12.8. The van der Waals surface area contributed by atoms with Crippen molar-refractivity contribution < 1.29 is 9.21 Å². The van der Waals surface area contributed by atoms with Crippen LogP contribution < -0.4 is 11.1 Å². The Labute approximate surface area is 153 Å². The maximum Gasteiger partial charge on any atom is 0.224 e. The van der Waals surface area contributed by atoms with Gasteiger partial charge in [-0.05, 0) is 43.0 Å². The van der Waals surface area contributed by atoms with E-state index in [2.05, 4.69) is 5.32 Å². The predicted octanol–water partition coefficient (Wildman–Crippen LogP) is 4.01. The van der Waals surface area contributed by atoms with Gasteiger partial charge in [0.2, 0.25) is 5.91 Å². The van der Waals surface area contributed by atoms with Gasteiger partial charge in [-0.3, -0.25) is 4.79 Å². The quantitative estimate of drug-likeness (QED) is 0.732. The summed E-state index contributed by atoms with van der Waals surface area (Å²) in [6.07, 6.45) is 3.02. The Morgan fingerprint density at radius 3 is 2.65 bits per heavy atom. The molecule has 1 heterocycles. The van der Waals surface area contributed by atoms with Crippen molar-refractivity contribution in [3.05, 3.63) is 72.0 Å². The van der Waals surface area contributed by atoms with Crippen molar-refractivity contribution in [1.29, 1.82) is 0 Å². The molecule has 26 heavy (non-hydrogen) atoms. The molecule has 3 atom stereocenters. The summed E-state index contributed by atoms with van der Waals surface area (Å²) >= 11 is 0. The van der Waals surface area contributed by atoms with Crippen molar-refractivity contribution in [2.45, 2.75) is 25.3 Å². The summed E-state index contributed by atoms with van der Waals surface area (Å²) in [6, 6.07) is 19.6. The number of hydrogen-bond donors (Lipinski definition) is 2. The van der Waals surface area contributed by atoms with Gasteiger partial charge in [0.1, 0.15) is 17.4 Å². The van der Waals surface area contributed by atoms with E-state index in [1.165, 1.54) is 0 Å². The molecule has 0 radical (unpaired) electrons. The number of rotatable bonds is 5. The van der Waals surface area contributed by atoms with E-state index in [1.54, 1.807) is 0 Å². The van der Waals surface area contributed by atoms with Gasteiger partial charge in [0.05, 0.1) is 0 Å². The SMILES string of the molecule is NC[C@H]1CCC[C@H]1C(=O)NC(c1ccccc1)c1cc2ccccc2o1. The summed E-state index contributed by atoms with van der Waals surface area (Å²) in [6.45, 7) is 0.568. The Morgan fingerprint density at radius 1 is 1.12 bits per heavy atom. The average Bonchev–Trinajstić information content (AvgIpc) is 3.33. The number of carbonyl (C=O) groups excluding carboxylic acids is 1. The molecule has 1 amide bonds. The molecule has 1 unspecified atom stereocenters. The Balaban J connectivity index is 1.66. The van der Waals surface area contributed by atoms with Crippen molar-refractivity contribution >= 4 is 16.9 Å². The zero-order valence-corrected chi connectivity index (χ0v) is 14.7. The van der Waals surface area contributed by atoms with Crippen LogP contribution in [0.1, 0.15) is 36.6 Å². The summed E-state index contributed by atoms with van der Waals surface area (Å²) < 4.78 is 6.06. The molecule has 1 fully saturated rings. The van der Waals surface area contributed by atoms with Gasteiger partial charge >= 0.3 is 0 Å². The molecule has 0 saturated heterocycles. The van der Waals surface area contributed by atoms with Gasteiger partial charge in [-0.25, -0.2) is 0 Å². The van der Waals surface area contributed by atoms with Crippen LogP contribution in [-0.2, 0) is 4.79 Å². The van der Waals surface area contributed by atoms with Crippen LogP contribution in [0, 0.1) is 11.8 Å². The first kappa shape index (κ1) is 16.9. The molecule has 1 saturated carbocycles. The fourth-order valence-electron chi connectivity index (χ4n) is 4.02. The van der Waals surface area contributed by atoms with Crippen LogP contribution in [0.5, 0.6) is 0 Å². The van der Waals surface area contributed by atoms with Gasteiger partial charge < -0.3 is 15.5 Å². The highest BCUT2D eigenvalue weighted by Gasteiger charge is 2.33. The number of furan rings is 1. The molecule has 1 aromatic heterocycles. The van der Waals surface area contributed by atoms with Gasteiger partial charge in [-0.1, -0.05) is 55.0 Å². The molecular formula is C22H24N2O2. The zero-order chi connectivity index (χ0) is 17.9. The van der Waals surface area contributed by atoms with E-state index in [4.69, 9.17) is 10.2 Å². The van der Waals surface area contributed by atoms with Gasteiger partial charge in [0, 0.05) is 11.3 Å². The van der Waals surface area contributed by atoms with Crippen LogP contribution in [0.2, 0.25) is 0 Å². The Bertz CT molecular complexity index is 854. The van der Waals surface area contributed by atoms with Gasteiger partial charge in [0.15, 0.2) is 0 Å². The molecule has 4 heteroatoms. The number of carbonyl (C=O) groups is 1. The summed E-state index contributed by atoms with van der Waals surface area (Å²) in [7, 11) is 0. The van der Waals surface area contributed by atoms with E-state index >= 15 is 0 Å². The van der Waals surface area contributed by atoms with Crippen LogP contribution in [0.4, 0.5) is 0 Å². The summed E-state index contributed by atoms with van der Waals surface area (Å²) in [5.41, 5.74) is 7.72. The average molecular weight is 348 g/mol. The lowest BCUT2D eigenvalue weighted by Gasteiger charge is -2.22. The number of hydrogen-bond acceptors (Lipinski definition) is 3. The van der Waals surface area contributed by atoms with Crippen molar-refractivity contribution in [2.75, 3.05) is 6.54 Å². The Kier molecular flexibility index (Phi) is 4.76. The Hall–Kier alpha value is -2.59. The van der Waals surface area contributed by atoms with E-state index in [-0.39, 0.29) is 23.8 Å². The molecule has 0 spiro atoms. The van der Waals surface area contributed by atoms with Gasteiger partial charge in [-0.2, -0.15) is 0 Å². The second kappa shape index (κ2) is 7.34. The highest BCUT2D eigenvalue weighted by atomic mass is 16.3. The lowest BCUT2D eigenvalue weighted by Crippen LogP contribution is -2.37. The molecular weight excluding hydrogens is 324 g/mol. The molecule has 0 aliphatic heterocycles. The molecule has 1 aliphatic carbocycles. The van der Waals surface area contributed by atoms with Crippen LogP contribution in [-0.4, -0.2) is 12.5 Å². The zero-order valence-electron chi connectivity index (χ0n) is 14.7. The van der Waals surface area contributed by atoms with Crippen molar-refractivity contribution in [1.82, 2.24) is 5.32 Å². The summed E-state index contributed by atoms with van der Waals surface area (Å²) in [5, 5.41) is 4.27. The number of nitrogens with two attached hydrogens (primary N) is 1. The maximum atomic E-state index is 13.0. The first-order valence-corrected chi connectivity index (χ1v) is 9.30. The standard InChI is InChI=1S/C22H24N2O2/c23-14-17-10-6-11-18(17)22(25)24-21(15-7-2-1-3-8-15)20-13-16-9-4-5-12-19(16)26-20/h1-5,7-9,12-13,17-18,21H,6,10-11,14,23H2,(H,24,25)/t17-,18-,21?/m1/s1. The predicted molar refractivity (Wildman–Crippen MR) is 103 cm³/mol. The smallest absolute Gasteiger partial charge is 0.224 e. The third-order valence-electron chi connectivity index (χ3n) is 5.45. The largest absolute Gasteiger partial charge is 0.459 e. The topological polar surface area (TPSA) is 68.3 Å². The van der Waals surface area contributed by atoms with Crippen LogP contribution in [0.3, 0.4) is 0 Å². The third-order valence-corrected chi connectivity index (χ3v) is 5.45. The lowest BCUT2D eigenvalue weighted by molar-refractivity contribution is -0.126. The fraction of sp³-hybridized carbons (Fsp3) is 0.318. The van der Waals surface area contributed by atoms with Crippen molar-refractivity contribution in [3.8, 4) is 0 Å². The fourth-order valence-corrected chi connectivity index (χ4v) is 4.02. The number of para-hydroxylation sites is 1. The molecule has 4 nitrogen and oxygen atoms in total. The molecule has 3 aromatic rings. The van der Waals surface area contributed by atoms with Crippen molar-refractivity contribution in [2.24, 2.45) is 17.6 Å². The van der Waals surface area contributed by atoms with Crippen LogP contribution in [0.25, 0.3) is 11.0 Å². The van der Waals surface area contributed by atoms with Crippen LogP contribution in [0.15, 0.2) is 65.1 Å². The van der Waals surface area contributed by atoms with Gasteiger partial charge in [-0.15, -0.1) is 0 Å². The van der Waals surface area contributed by atoms with E-state index in [0.29, 0.717) is 6.54 Å². The molecule has 4 rings (SSSR count). The number of fused-ring (bicyclic) bond motifs is 1. The molecule has 1 aliphatic rings.